The van der Waals surface area contributed by atoms with Gasteiger partial charge in [-0.05, 0) is 54.8 Å². The highest BCUT2D eigenvalue weighted by atomic mass is 16.5. The van der Waals surface area contributed by atoms with Gasteiger partial charge in [0.15, 0.2) is 0 Å². The van der Waals surface area contributed by atoms with Gasteiger partial charge in [-0.1, -0.05) is 43.5 Å². The lowest BCUT2D eigenvalue weighted by atomic mass is 9.94. The normalized spacial score (nSPS) is 14.7. The van der Waals surface area contributed by atoms with Gasteiger partial charge in [0.05, 0.1) is 13.5 Å². The summed E-state index contributed by atoms with van der Waals surface area (Å²) in [5, 5.41) is 4.24. The molecule has 4 aromatic rings. The first-order valence-electron chi connectivity index (χ1n) is 12.9. The summed E-state index contributed by atoms with van der Waals surface area (Å²) >= 11 is 0. The van der Waals surface area contributed by atoms with Crippen LogP contribution in [0.4, 0.5) is 5.69 Å². The molecule has 2 aromatic carbocycles. The average molecular weight is 497 g/mol. The first-order valence-corrected chi connectivity index (χ1v) is 12.9. The highest BCUT2D eigenvalue weighted by molar-refractivity contribution is 6.03. The number of anilines is 1. The molecule has 1 aliphatic rings. The van der Waals surface area contributed by atoms with E-state index in [1.165, 1.54) is 6.42 Å². The Kier molecular flexibility index (Phi) is 7.49. The molecule has 1 aliphatic carbocycles. The van der Waals surface area contributed by atoms with E-state index in [-0.39, 0.29) is 24.3 Å². The summed E-state index contributed by atoms with van der Waals surface area (Å²) in [5.74, 6) is 0.308. The van der Waals surface area contributed by atoms with Crippen molar-refractivity contribution in [2.45, 2.75) is 50.6 Å². The van der Waals surface area contributed by atoms with Crippen LogP contribution in [0.5, 0.6) is 5.75 Å². The van der Waals surface area contributed by atoms with Gasteiger partial charge in [0.2, 0.25) is 11.8 Å². The largest absolute Gasteiger partial charge is 0.497 e. The third-order valence-electron chi connectivity index (χ3n) is 7.09. The molecule has 1 saturated carbocycles. The lowest BCUT2D eigenvalue weighted by Crippen LogP contribution is -2.47. The van der Waals surface area contributed by atoms with Crippen LogP contribution < -0.4 is 15.0 Å². The summed E-state index contributed by atoms with van der Waals surface area (Å²) in [6, 6.07) is 18.1. The van der Waals surface area contributed by atoms with E-state index in [1.54, 1.807) is 42.6 Å². The number of hydrogen-bond donors (Lipinski definition) is 2. The topological polar surface area (TPSA) is 87.3 Å². The molecular formula is C30H32N4O3. The number of carbonyl (C=O) groups is 2. The molecule has 0 bridgehead atoms. The van der Waals surface area contributed by atoms with E-state index in [2.05, 4.69) is 15.3 Å². The van der Waals surface area contributed by atoms with Gasteiger partial charge in [-0.15, -0.1) is 0 Å². The second-order valence-corrected chi connectivity index (χ2v) is 9.53. The molecule has 1 fully saturated rings. The fraction of sp³-hybridized carbons (Fsp3) is 0.300. The van der Waals surface area contributed by atoms with Crippen LogP contribution in [0.25, 0.3) is 10.9 Å². The summed E-state index contributed by atoms with van der Waals surface area (Å²) in [6.45, 7) is 0. The SMILES string of the molecule is COc1ccc(N(C(=O)Cc2c[nH]c3ccccc23)C(C(=O)NC2CCCCC2)c2cccnc2)cc1. The van der Waals surface area contributed by atoms with Gasteiger partial charge < -0.3 is 15.0 Å². The Labute approximate surface area is 216 Å². The van der Waals surface area contributed by atoms with Crippen molar-refractivity contribution >= 4 is 28.4 Å². The number of methoxy groups -OCH3 is 1. The first-order chi connectivity index (χ1) is 18.1. The van der Waals surface area contributed by atoms with Crippen molar-refractivity contribution in [2.24, 2.45) is 0 Å². The van der Waals surface area contributed by atoms with Crippen molar-refractivity contribution in [2.75, 3.05) is 12.0 Å². The second-order valence-electron chi connectivity index (χ2n) is 9.53. The average Bonchev–Trinajstić information content (AvgIpc) is 3.35. The van der Waals surface area contributed by atoms with E-state index in [9.17, 15) is 9.59 Å². The van der Waals surface area contributed by atoms with Crippen molar-refractivity contribution in [3.8, 4) is 5.75 Å². The van der Waals surface area contributed by atoms with Crippen LogP contribution in [0.3, 0.4) is 0 Å². The van der Waals surface area contributed by atoms with Crippen LogP contribution in [0.1, 0.15) is 49.3 Å². The minimum atomic E-state index is -0.860. The number of rotatable bonds is 8. The van der Waals surface area contributed by atoms with Gasteiger partial charge in [-0.2, -0.15) is 0 Å². The van der Waals surface area contributed by atoms with Crippen LogP contribution >= 0.6 is 0 Å². The quantitative estimate of drug-likeness (QED) is 0.345. The van der Waals surface area contributed by atoms with E-state index >= 15 is 0 Å². The maximum absolute atomic E-state index is 14.1. The van der Waals surface area contributed by atoms with Gasteiger partial charge >= 0.3 is 0 Å². The van der Waals surface area contributed by atoms with Gasteiger partial charge in [0, 0.05) is 46.8 Å². The van der Waals surface area contributed by atoms with Crippen molar-refractivity contribution in [1.29, 1.82) is 0 Å². The van der Waals surface area contributed by atoms with Gasteiger partial charge in [-0.3, -0.25) is 19.5 Å². The van der Waals surface area contributed by atoms with E-state index in [4.69, 9.17) is 4.74 Å². The molecule has 0 spiro atoms. The number of fused-ring (bicyclic) bond motifs is 1. The lowest BCUT2D eigenvalue weighted by Gasteiger charge is -2.33. The molecule has 0 radical (unpaired) electrons. The molecule has 2 aromatic heterocycles. The van der Waals surface area contributed by atoms with E-state index < -0.39 is 6.04 Å². The fourth-order valence-corrected chi connectivity index (χ4v) is 5.19. The Morgan fingerprint density at radius 2 is 1.84 bits per heavy atom. The molecule has 37 heavy (non-hydrogen) atoms. The number of aromatic nitrogens is 2. The zero-order valence-corrected chi connectivity index (χ0v) is 21.0. The standard InChI is InChI=1S/C30H32N4O3/c1-37-25-15-13-24(14-16-25)34(28(35)18-22-20-32-27-12-6-5-11-26(22)27)29(21-8-7-17-31-19-21)30(36)33-23-9-3-2-4-10-23/h5-8,11-17,19-20,23,29,32H,2-4,9-10,18H2,1H3,(H,33,36). The number of ether oxygens (including phenoxy) is 1. The molecule has 2 amide bonds. The Balaban J connectivity index is 1.54. The number of carbonyl (C=O) groups excluding carboxylic acids is 2. The van der Waals surface area contributed by atoms with Gasteiger partial charge in [-0.25, -0.2) is 0 Å². The molecule has 0 aliphatic heterocycles. The fourth-order valence-electron chi connectivity index (χ4n) is 5.19. The predicted octanol–water partition coefficient (Wildman–Crippen LogP) is 5.34. The third kappa shape index (κ3) is 5.50. The Hall–Kier alpha value is -4.13. The van der Waals surface area contributed by atoms with Crippen molar-refractivity contribution in [1.82, 2.24) is 15.3 Å². The molecule has 7 heteroatoms. The monoisotopic (exact) mass is 496 g/mol. The highest BCUT2D eigenvalue weighted by Crippen LogP contribution is 2.31. The molecule has 7 nitrogen and oxygen atoms in total. The Bertz CT molecular complexity index is 1340. The van der Waals surface area contributed by atoms with E-state index in [0.29, 0.717) is 17.0 Å². The first kappa shape index (κ1) is 24.6. The predicted molar refractivity (Wildman–Crippen MR) is 144 cm³/mol. The molecule has 0 saturated heterocycles. The number of hydrogen-bond acceptors (Lipinski definition) is 4. The number of pyridine rings is 1. The maximum Gasteiger partial charge on any atom is 0.248 e. The number of nitrogens with one attached hydrogen (secondary N) is 2. The Morgan fingerprint density at radius 1 is 1.05 bits per heavy atom. The minimum Gasteiger partial charge on any atom is -0.497 e. The number of para-hydroxylation sites is 1. The molecule has 2 N–H and O–H groups in total. The smallest absolute Gasteiger partial charge is 0.248 e. The highest BCUT2D eigenvalue weighted by Gasteiger charge is 2.34. The molecule has 5 rings (SSSR count). The van der Waals surface area contributed by atoms with Crippen LogP contribution in [-0.2, 0) is 16.0 Å². The second kappa shape index (κ2) is 11.3. The molecular weight excluding hydrogens is 464 g/mol. The number of amides is 2. The lowest BCUT2D eigenvalue weighted by molar-refractivity contribution is -0.127. The summed E-state index contributed by atoms with van der Waals surface area (Å²) < 4.78 is 5.34. The Morgan fingerprint density at radius 3 is 2.57 bits per heavy atom. The summed E-state index contributed by atoms with van der Waals surface area (Å²) in [4.78, 5) is 37.1. The zero-order valence-electron chi connectivity index (χ0n) is 21.0. The van der Waals surface area contributed by atoms with E-state index in [0.717, 1.165) is 42.1 Å². The number of H-pyrrole nitrogens is 1. The van der Waals surface area contributed by atoms with Crippen molar-refractivity contribution < 1.29 is 14.3 Å². The van der Waals surface area contributed by atoms with Crippen molar-refractivity contribution in [3.05, 3.63) is 90.4 Å². The van der Waals surface area contributed by atoms with Crippen LogP contribution in [0, 0.1) is 0 Å². The van der Waals surface area contributed by atoms with Crippen LogP contribution in [0.2, 0.25) is 0 Å². The van der Waals surface area contributed by atoms with E-state index in [1.807, 2.05) is 48.7 Å². The number of benzene rings is 2. The number of aromatic amines is 1. The van der Waals surface area contributed by atoms with Crippen molar-refractivity contribution in [3.63, 3.8) is 0 Å². The molecule has 2 heterocycles. The van der Waals surface area contributed by atoms with Crippen LogP contribution in [-0.4, -0.2) is 34.9 Å². The summed E-state index contributed by atoms with van der Waals surface area (Å²) in [6.07, 6.45) is 10.7. The zero-order chi connectivity index (χ0) is 25.6. The van der Waals surface area contributed by atoms with Crippen LogP contribution in [0.15, 0.2) is 79.3 Å². The van der Waals surface area contributed by atoms with Gasteiger partial charge in [0.1, 0.15) is 11.8 Å². The summed E-state index contributed by atoms with van der Waals surface area (Å²) in [5.41, 5.74) is 3.15. The molecule has 1 unspecified atom stereocenters. The molecule has 190 valence electrons. The van der Waals surface area contributed by atoms with Gasteiger partial charge in [0.25, 0.3) is 0 Å². The maximum atomic E-state index is 14.1. The minimum absolute atomic E-state index is 0.113. The third-order valence-corrected chi connectivity index (χ3v) is 7.09. The number of nitrogens with zero attached hydrogens (tertiary/aromatic N) is 2. The summed E-state index contributed by atoms with van der Waals surface area (Å²) in [7, 11) is 1.60. The molecule has 1 atom stereocenters.